The molecule has 0 aliphatic carbocycles. The van der Waals surface area contributed by atoms with Crippen LogP contribution in [0.1, 0.15) is 6.92 Å². The zero-order chi connectivity index (χ0) is 15.8. The highest BCUT2D eigenvalue weighted by molar-refractivity contribution is 5.93. The van der Waals surface area contributed by atoms with Gasteiger partial charge in [-0.2, -0.15) is 0 Å². The van der Waals surface area contributed by atoms with Gasteiger partial charge in [-0.05, 0) is 55.5 Å². The molecule has 0 spiro atoms. The second-order valence-electron chi connectivity index (χ2n) is 4.59. The van der Waals surface area contributed by atoms with Crippen LogP contribution in [-0.4, -0.2) is 26.2 Å². The molecule has 5 nitrogen and oxygen atoms in total. The Hall–Kier alpha value is -2.69. The molecule has 0 unspecified atom stereocenters. The summed E-state index contributed by atoms with van der Waals surface area (Å²) in [6.07, 6.45) is 0. The molecule has 0 saturated heterocycles. The van der Waals surface area contributed by atoms with E-state index in [0.29, 0.717) is 6.61 Å². The number of benzene rings is 2. The van der Waals surface area contributed by atoms with Crippen molar-refractivity contribution in [2.75, 3.05) is 30.9 Å². The number of ether oxygens (including phenoxy) is 2. The SMILES string of the molecule is CCOc1ccc(NC(=O)CNc2ccc(OC)cc2)cc1. The van der Waals surface area contributed by atoms with E-state index in [1.54, 1.807) is 7.11 Å². The topological polar surface area (TPSA) is 59.6 Å². The van der Waals surface area contributed by atoms with Crippen LogP contribution in [-0.2, 0) is 4.79 Å². The van der Waals surface area contributed by atoms with Gasteiger partial charge in [-0.25, -0.2) is 0 Å². The highest BCUT2D eigenvalue weighted by atomic mass is 16.5. The molecule has 2 rings (SSSR count). The van der Waals surface area contributed by atoms with Crippen molar-refractivity contribution in [1.29, 1.82) is 0 Å². The molecule has 0 bridgehead atoms. The number of hydrogen-bond acceptors (Lipinski definition) is 4. The molecule has 22 heavy (non-hydrogen) atoms. The first kappa shape index (κ1) is 15.7. The van der Waals surface area contributed by atoms with Crippen LogP contribution in [0, 0.1) is 0 Å². The van der Waals surface area contributed by atoms with Gasteiger partial charge in [-0.3, -0.25) is 4.79 Å². The summed E-state index contributed by atoms with van der Waals surface area (Å²) in [6, 6.07) is 14.7. The minimum Gasteiger partial charge on any atom is -0.497 e. The first-order valence-electron chi connectivity index (χ1n) is 7.12. The molecular weight excluding hydrogens is 280 g/mol. The van der Waals surface area contributed by atoms with E-state index in [-0.39, 0.29) is 12.5 Å². The van der Waals surface area contributed by atoms with Crippen LogP contribution in [0.4, 0.5) is 11.4 Å². The Morgan fingerprint density at radius 1 is 0.955 bits per heavy atom. The lowest BCUT2D eigenvalue weighted by Crippen LogP contribution is -2.21. The predicted molar refractivity (Wildman–Crippen MR) is 87.7 cm³/mol. The molecule has 0 saturated carbocycles. The highest BCUT2D eigenvalue weighted by Gasteiger charge is 2.03. The van der Waals surface area contributed by atoms with Crippen molar-refractivity contribution in [3.05, 3.63) is 48.5 Å². The number of hydrogen-bond donors (Lipinski definition) is 2. The third-order valence-electron chi connectivity index (χ3n) is 2.99. The summed E-state index contributed by atoms with van der Waals surface area (Å²) in [4.78, 5) is 11.9. The molecule has 0 atom stereocenters. The number of amides is 1. The van der Waals surface area contributed by atoms with Gasteiger partial charge in [0, 0.05) is 11.4 Å². The van der Waals surface area contributed by atoms with E-state index >= 15 is 0 Å². The molecule has 0 fully saturated rings. The molecule has 0 aromatic heterocycles. The van der Waals surface area contributed by atoms with Gasteiger partial charge in [-0.1, -0.05) is 0 Å². The van der Waals surface area contributed by atoms with E-state index in [9.17, 15) is 4.79 Å². The monoisotopic (exact) mass is 300 g/mol. The minimum absolute atomic E-state index is 0.111. The fourth-order valence-electron chi connectivity index (χ4n) is 1.90. The fraction of sp³-hybridized carbons (Fsp3) is 0.235. The third-order valence-corrected chi connectivity index (χ3v) is 2.99. The maximum absolute atomic E-state index is 11.9. The van der Waals surface area contributed by atoms with Crippen molar-refractivity contribution in [3.8, 4) is 11.5 Å². The normalized spacial score (nSPS) is 9.91. The van der Waals surface area contributed by atoms with Crippen LogP contribution in [0.3, 0.4) is 0 Å². The standard InChI is InChI=1S/C17H20N2O3/c1-3-22-16-10-6-14(7-11-16)19-17(20)12-18-13-4-8-15(21-2)9-5-13/h4-11,18H,3,12H2,1-2H3,(H,19,20). The molecule has 0 heterocycles. The van der Waals surface area contributed by atoms with Gasteiger partial charge >= 0.3 is 0 Å². The number of rotatable bonds is 7. The number of anilines is 2. The fourth-order valence-corrected chi connectivity index (χ4v) is 1.90. The molecule has 116 valence electrons. The van der Waals surface area contributed by atoms with Crippen molar-refractivity contribution >= 4 is 17.3 Å². The molecule has 0 radical (unpaired) electrons. The third kappa shape index (κ3) is 4.70. The molecule has 0 aliphatic heterocycles. The van der Waals surface area contributed by atoms with Crippen molar-refractivity contribution in [1.82, 2.24) is 0 Å². The van der Waals surface area contributed by atoms with Gasteiger partial charge in [-0.15, -0.1) is 0 Å². The van der Waals surface area contributed by atoms with Crippen LogP contribution in [0.15, 0.2) is 48.5 Å². The Balaban J connectivity index is 1.81. The number of carbonyl (C=O) groups is 1. The summed E-state index contributed by atoms with van der Waals surface area (Å²) in [5.74, 6) is 1.46. The van der Waals surface area contributed by atoms with Gasteiger partial charge in [0.05, 0.1) is 20.3 Å². The van der Waals surface area contributed by atoms with Gasteiger partial charge in [0.25, 0.3) is 0 Å². The predicted octanol–water partition coefficient (Wildman–Crippen LogP) is 3.14. The zero-order valence-electron chi connectivity index (χ0n) is 12.8. The van der Waals surface area contributed by atoms with Crippen molar-refractivity contribution in [3.63, 3.8) is 0 Å². The Kier molecular flexibility index (Phi) is 5.65. The first-order chi connectivity index (χ1) is 10.7. The summed E-state index contributed by atoms with van der Waals surface area (Å²) in [7, 11) is 1.62. The van der Waals surface area contributed by atoms with E-state index < -0.39 is 0 Å². The second-order valence-corrected chi connectivity index (χ2v) is 4.59. The second kappa shape index (κ2) is 7.93. The van der Waals surface area contributed by atoms with Crippen molar-refractivity contribution in [2.45, 2.75) is 6.92 Å². The maximum atomic E-state index is 11.9. The van der Waals surface area contributed by atoms with E-state index in [0.717, 1.165) is 22.9 Å². The van der Waals surface area contributed by atoms with E-state index in [1.807, 2.05) is 55.5 Å². The van der Waals surface area contributed by atoms with Gasteiger partial charge in [0.15, 0.2) is 0 Å². The van der Waals surface area contributed by atoms with E-state index in [1.165, 1.54) is 0 Å². The first-order valence-corrected chi connectivity index (χ1v) is 7.12. The van der Waals surface area contributed by atoms with E-state index in [4.69, 9.17) is 9.47 Å². The van der Waals surface area contributed by atoms with Gasteiger partial charge in [0.1, 0.15) is 11.5 Å². The Bertz CT molecular complexity index is 594. The molecule has 2 aromatic carbocycles. The van der Waals surface area contributed by atoms with Gasteiger partial charge in [0.2, 0.25) is 5.91 Å². The lowest BCUT2D eigenvalue weighted by Gasteiger charge is -2.09. The summed E-state index contributed by atoms with van der Waals surface area (Å²) in [6.45, 7) is 2.75. The quantitative estimate of drug-likeness (QED) is 0.824. The van der Waals surface area contributed by atoms with E-state index in [2.05, 4.69) is 10.6 Å². The smallest absolute Gasteiger partial charge is 0.243 e. The number of nitrogens with one attached hydrogen (secondary N) is 2. The van der Waals surface area contributed by atoms with Gasteiger partial charge < -0.3 is 20.1 Å². The Morgan fingerprint density at radius 2 is 1.55 bits per heavy atom. The largest absolute Gasteiger partial charge is 0.497 e. The average Bonchev–Trinajstić information content (AvgIpc) is 2.55. The summed E-state index contributed by atoms with van der Waals surface area (Å²) < 4.78 is 10.4. The highest BCUT2D eigenvalue weighted by Crippen LogP contribution is 2.16. The zero-order valence-corrected chi connectivity index (χ0v) is 12.8. The van der Waals surface area contributed by atoms with Crippen molar-refractivity contribution < 1.29 is 14.3 Å². The number of methoxy groups -OCH3 is 1. The molecule has 2 aromatic rings. The van der Waals surface area contributed by atoms with Crippen LogP contribution >= 0.6 is 0 Å². The van der Waals surface area contributed by atoms with Crippen LogP contribution in [0.25, 0.3) is 0 Å². The minimum atomic E-state index is -0.111. The number of carbonyl (C=O) groups excluding carboxylic acids is 1. The molecule has 0 aliphatic rings. The Morgan fingerprint density at radius 3 is 2.14 bits per heavy atom. The molecule has 2 N–H and O–H groups in total. The molecule has 1 amide bonds. The molecular formula is C17H20N2O3. The van der Waals surface area contributed by atoms with Crippen molar-refractivity contribution in [2.24, 2.45) is 0 Å². The summed E-state index contributed by atoms with van der Waals surface area (Å²) in [5.41, 5.74) is 1.60. The summed E-state index contributed by atoms with van der Waals surface area (Å²) in [5, 5.41) is 5.88. The lowest BCUT2D eigenvalue weighted by molar-refractivity contribution is -0.114. The van der Waals surface area contributed by atoms with Crippen LogP contribution in [0.2, 0.25) is 0 Å². The summed E-state index contributed by atoms with van der Waals surface area (Å²) >= 11 is 0. The lowest BCUT2D eigenvalue weighted by atomic mass is 10.3. The van der Waals surface area contributed by atoms with Crippen LogP contribution < -0.4 is 20.1 Å². The van der Waals surface area contributed by atoms with Crippen LogP contribution in [0.5, 0.6) is 11.5 Å². The molecule has 5 heteroatoms. The maximum Gasteiger partial charge on any atom is 0.243 e. The Labute approximate surface area is 130 Å². The average molecular weight is 300 g/mol.